The van der Waals surface area contributed by atoms with E-state index < -0.39 is 0 Å². The van der Waals surface area contributed by atoms with Gasteiger partial charge in [-0.2, -0.15) is 0 Å². The van der Waals surface area contributed by atoms with Crippen molar-refractivity contribution in [2.24, 2.45) is 0 Å². The van der Waals surface area contributed by atoms with Crippen LogP contribution >= 0.6 is 0 Å². The van der Waals surface area contributed by atoms with Gasteiger partial charge in [-0.15, -0.1) is 10.2 Å². The monoisotopic (exact) mass is 343 g/mol. The SMILES string of the molecule is Cc1onc(-c2ccccc2)c1-c1nnc(-c2nc3ccccc3[nH]2)o1. The second kappa shape index (κ2) is 5.66. The van der Waals surface area contributed by atoms with Gasteiger partial charge in [0, 0.05) is 5.56 Å². The fraction of sp³-hybridized carbons (Fsp3) is 0.0526. The Morgan fingerprint density at radius 3 is 2.50 bits per heavy atom. The summed E-state index contributed by atoms with van der Waals surface area (Å²) < 4.78 is 11.2. The molecule has 7 nitrogen and oxygen atoms in total. The molecule has 26 heavy (non-hydrogen) atoms. The molecule has 0 aliphatic carbocycles. The van der Waals surface area contributed by atoms with Gasteiger partial charge in [0.1, 0.15) is 17.0 Å². The highest BCUT2D eigenvalue weighted by molar-refractivity contribution is 5.79. The van der Waals surface area contributed by atoms with Crippen molar-refractivity contribution < 1.29 is 8.94 Å². The molecule has 0 radical (unpaired) electrons. The lowest BCUT2D eigenvalue weighted by atomic mass is 10.1. The van der Waals surface area contributed by atoms with Crippen LogP contribution in [-0.2, 0) is 0 Å². The number of imidazole rings is 1. The van der Waals surface area contributed by atoms with Gasteiger partial charge in [-0.05, 0) is 19.1 Å². The van der Waals surface area contributed by atoms with Crippen molar-refractivity contribution in [3.8, 4) is 34.4 Å². The Kier molecular flexibility index (Phi) is 3.18. The van der Waals surface area contributed by atoms with Crippen molar-refractivity contribution in [1.82, 2.24) is 25.3 Å². The molecule has 0 spiro atoms. The average Bonchev–Trinajstić information content (AvgIpc) is 3.39. The van der Waals surface area contributed by atoms with E-state index in [0.29, 0.717) is 34.6 Å². The number of aryl methyl sites for hydroxylation is 1. The summed E-state index contributed by atoms with van der Waals surface area (Å²) in [5.41, 5.74) is 4.03. The number of hydrogen-bond donors (Lipinski definition) is 1. The smallest absolute Gasteiger partial charge is 0.284 e. The molecule has 126 valence electrons. The minimum Gasteiger partial charge on any atom is -0.413 e. The number of fused-ring (bicyclic) bond motifs is 1. The summed E-state index contributed by atoms with van der Waals surface area (Å²) in [7, 11) is 0. The van der Waals surface area contributed by atoms with Crippen LogP contribution in [0.25, 0.3) is 45.5 Å². The van der Waals surface area contributed by atoms with Crippen molar-refractivity contribution in [2.45, 2.75) is 6.92 Å². The van der Waals surface area contributed by atoms with E-state index in [2.05, 4.69) is 25.3 Å². The predicted molar refractivity (Wildman–Crippen MR) is 95.1 cm³/mol. The minimum atomic E-state index is 0.316. The Labute approximate surface area is 147 Å². The quantitative estimate of drug-likeness (QED) is 0.526. The molecule has 3 heterocycles. The van der Waals surface area contributed by atoms with Crippen LogP contribution < -0.4 is 0 Å². The lowest BCUT2D eigenvalue weighted by Crippen LogP contribution is -1.84. The summed E-state index contributed by atoms with van der Waals surface area (Å²) in [5, 5.41) is 12.5. The Hall–Kier alpha value is -3.74. The van der Waals surface area contributed by atoms with Crippen molar-refractivity contribution in [2.75, 3.05) is 0 Å². The van der Waals surface area contributed by atoms with E-state index in [4.69, 9.17) is 8.94 Å². The second-order valence-corrected chi connectivity index (χ2v) is 5.84. The molecular weight excluding hydrogens is 330 g/mol. The van der Waals surface area contributed by atoms with Crippen molar-refractivity contribution >= 4 is 11.0 Å². The molecule has 0 aliphatic rings. The molecular formula is C19H13N5O2. The van der Waals surface area contributed by atoms with Crippen LogP contribution in [0.2, 0.25) is 0 Å². The zero-order valence-electron chi connectivity index (χ0n) is 13.8. The fourth-order valence-corrected chi connectivity index (χ4v) is 2.89. The molecule has 0 saturated heterocycles. The van der Waals surface area contributed by atoms with Crippen LogP contribution in [-0.4, -0.2) is 25.3 Å². The molecule has 0 amide bonds. The first-order chi connectivity index (χ1) is 12.8. The van der Waals surface area contributed by atoms with Crippen LogP contribution in [0.15, 0.2) is 63.5 Å². The van der Waals surface area contributed by atoms with Crippen LogP contribution in [0.3, 0.4) is 0 Å². The summed E-state index contributed by atoms with van der Waals surface area (Å²) in [6, 6.07) is 17.5. The maximum atomic E-state index is 5.87. The number of hydrogen-bond acceptors (Lipinski definition) is 6. The number of rotatable bonds is 3. The van der Waals surface area contributed by atoms with Gasteiger partial charge in [-0.1, -0.05) is 47.6 Å². The van der Waals surface area contributed by atoms with E-state index in [1.807, 2.05) is 61.5 Å². The third-order valence-electron chi connectivity index (χ3n) is 4.14. The highest BCUT2D eigenvalue weighted by atomic mass is 16.5. The number of nitrogens with one attached hydrogen (secondary N) is 1. The Morgan fingerprint density at radius 2 is 1.65 bits per heavy atom. The van der Waals surface area contributed by atoms with Gasteiger partial charge in [-0.3, -0.25) is 0 Å². The van der Waals surface area contributed by atoms with Gasteiger partial charge in [0.25, 0.3) is 11.8 Å². The summed E-state index contributed by atoms with van der Waals surface area (Å²) in [6.07, 6.45) is 0. The third kappa shape index (κ3) is 2.29. The Bertz CT molecular complexity index is 1170. The zero-order chi connectivity index (χ0) is 17.5. The maximum absolute atomic E-state index is 5.87. The van der Waals surface area contributed by atoms with Gasteiger partial charge in [0.15, 0.2) is 5.82 Å². The van der Waals surface area contributed by atoms with Gasteiger partial charge in [0.2, 0.25) is 0 Å². The van der Waals surface area contributed by atoms with Gasteiger partial charge in [-0.25, -0.2) is 4.98 Å². The molecule has 0 saturated carbocycles. The van der Waals surface area contributed by atoms with Crippen molar-refractivity contribution in [1.29, 1.82) is 0 Å². The summed E-state index contributed by atoms with van der Waals surface area (Å²) in [6.45, 7) is 1.82. The molecule has 1 N–H and O–H groups in total. The Morgan fingerprint density at radius 1 is 0.885 bits per heavy atom. The molecule has 7 heteroatoms. The van der Waals surface area contributed by atoms with E-state index in [1.54, 1.807) is 0 Å². The first-order valence-electron chi connectivity index (χ1n) is 8.10. The van der Waals surface area contributed by atoms with Crippen molar-refractivity contribution in [3.63, 3.8) is 0 Å². The van der Waals surface area contributed by atoms with Gasteiger partial charge >= 0.3 is 0 Å². The first-order valence-corrected chi connectivity index (χ1v) is 8.10. The molecule has 3 aromatic heterocycles. The summed E-state index contributed by atoms with van der Waals surface area (Å²) in [5.74, 6) is 1.80. The van der Waals surface area contributed by atoms with Gasteiger partial charge in [0.05, 0.1) is 11.0 Å². The third-order valence-corrected chi connectivity index (χ3v) is 4.14. The second-order valence-electron chi connectivity index (χ2n) is 5.84. The highest BCUT2D eigenvalue weighted by Crippen LogP contribution is 2.34. The summed E-state index contributed by atoms with van der Waals surface area (Å²) in [4.78, 5) is 7.67. The van der Waals surface area contributed by atoms with Crippen LogP contribution in [0.1, 0.15) is 5.76 Å². The zero-order valence-corrected chi connectivity index (χ0v) is 13.8. The Balaban J connectivity index is 1.60. The minimum absolute atomic E-state index is 0.316. The number of nitrogens with zero attached hydrogens (tertiary/aromatic N) is 4. The normalized spacial score (nSPS) is 11.3. The molecule has 0 bridgehead atoms. The van der Waals surface area contributed by atoms with E-state index >= 15 is 0 Å². The number of para-hydroxylation sites is 2. The molecule has 5 rings (SSSR count). The summed E-state index contributed by atoms with van der Waals surface area (Å²) >= 11 is 0. The first kappa shape index (κ1) is 14.6. The van der Waals surface area contributed by atoms with Crippen LogP contribution in [0.4, 0.5) is 0 Å². The lowest BCUT2D eigenvalue weighted by Gasteiger charge is -1.97. The van der Waals surface area contributed by atoms with Crippen LogP contribution in [0.5, 0.6) is 0 Å². The molecule has 0 atom stereocenters. The maximum Gasteiger partial charge on any atom is 0.284 e. The number of aromatic amines is 1. The number of aromatic nitrogens is 5. The lowest BCUT2D eigenvalue weighted by molar-refractivity contribution is 0.399. The average molecular weight is 343 g/mol. The van der Waals surface area contributed by atoms with E-state index in [9.17, 15) is 0 Å². The molecule has 2 aromatic carbocycles. The largest absolute Gasteiger partial charge is 0.413 e. The van der Waals surface area contributed by atoms with Crippen LogP contribution in [0, 0.1) is 6.92 Å². The fourth-order valence-electron chi connectivity index (χ4n) is 2.89. The van der Waals surface area contributed by atoms with Crippen molar-refractivity contribution in [3.05, 3.63) is 60.4 Å². The van der Waals surface area contributed by atoms with E-state index in [0.717, 1.165) is 16.6 Å². The molecule has 5 aromatic rings. The standard InChI is InChI=1S/C19H13N5O2/c1-11-15(16(24-26-11)12-7-3-2-4-8-12)18-22-23-19(25-18)17-20-13-9-5-6-10-14(13)21-17/h2-10H,1H3,(H,20,21). The molecule has 0 fully saturated rings. The van der Waals surface area contributed by atoms with Gasteiger partial charge < -0.3 is 13.9 Å². The van der Waals surface area contributed by atoms with E-state index in [1.165, 1.54) is 0 Å². The molecule has 0 aliphatic heterocycles. The molecule has 0 unspecified atom stereocenters. The highest BCUT2D eigenvalue weighted by Gasteiger charge is 2.23. The predicted octanol–water partition coefficient (Wildman–Crippen LogP) is 4.24. The number of H-pyrrole nitrogens is 1. The topological polar surface area (TPSA) is 93.6 Å². The number of benzene rings is 2. The van der Waals surface area contributed by atoms with E-state index in [-0.39, 0.29) is 0 Å².